The molecule has 190 valence electrons. The molecule has 0 atom stereocenters. The number of benzene rings is 4. The molecule has 0 radical (unpaired) electrons. The number of hydrogen-bond donors (Lipinski definition) is 0. The normalized spacial score (nSPS) is 12.9. The van der Waals surface area contributed by atoms with Gasteiger partial charge in [-0.25, -0.2) is 4.98 Å². The Balaban J connectivity index is 0.000000162. The molecule has 0 aliphatic heterocycles. The second kappa shape index (κ2) is 13.7. The zero-order valence-electron chi connectivity index (χ0n) is 22.0. The van der Waals surface area contributed by atoms with Crippen LogP contribution in [-0.4, -0.2) is 31.0 Å². The maximum Gasteiger partial charge on any atom is 0.212 e. The predicted molar refractivity (Wildman–Crippen MR) is 164 cm³/mol. The SMILES string of the molecule is c1ccc(B(c2ccccc2)C2CC2)cc1.c1ccc(C(CC[SiH2]Cn2cncn2)c2ccccc2)cc1. The Labute approximate surface area is 229 Å². The van der Waals surface area contributed by atoms with Gasteiger partial charge in [0, 0.05) is 21.6 Å². The third-order valence-corrected chi connectivity index (χ3v) is 9.09. The van der Waals surface area contributed by atoms with Crippen LogP contribution in [0.1, 0.15) is 36.3 Å². The summed E-state index contributed by atoms with van der Waals surface area (Å²) in [5.41, 5.74) is 5.78. The Bertz CT molecular complexity index is 1230. The smallest absolute Gasteiger partial charge is 0.212 e. The van der Waals surface area contributed by atoms with Gasteiger partial charge in [0.25, 0.3) is 0 Å². The number of hydrogen-bond acceptors (Lipinski definition) is 2. The van der Waals surface area contributed by atoms with E-state index in [1.165, 1.54) is 47.4 Å². The van der Waals surface area contributed by atoms with Crippen LogP contribution in [0.3, 0.4) is 0 Å². The van der Waals surface area contributed by atoms with E-state index in [9.17, 15) is 0 Å². The van der Waals surface area contributed by atoms with Crippen molar-refractivity contribution >= 4 is 27.2 Å². The molecular weight excluding hydrogens is 477 g/mol. The van der Waals surface area contributed by atoms with Crippen molar-refractivity contribution in [3.8, 4) is 0 Å². The summed E-state index contributed by atoms with van der Waals surface area (Å²) in [6.07, 6.45) is 8.50. The molecule has 1 aliphatic rings. The van der Waals surface area contributed by atoms with Crippen molar-refractivity contribution < 1.29 is 0 Å². The van der Waals surface area contributed by atoms with E-state index in [4.69, 9.17) is 0 Å². The van der Waals surface area contributed by atoms with Crippen LogP contribution in [0.25, 0.3) is 0 Å². The first-order chi connectivity index (χ1) is 18.9. The van der Waals surface area contributed by atoms with Gasteiger partial charge in [0.1, 0.15) is 12.7 Å². The zero-order chi connectivity index (χ0) is 25.8. The molecule has 38 heavy (non-hydrogen) atoms. The van der Waals surface area contributed by atoms with Gasteiger partial charge >= 0.3 is 0 Å². The highest BCUT2D eigenvalue weighted by molar-refractivity contribution is 6.86. The molecule has 1 fully saturated rings. The molecule has 1 heterocycles. The summed E-state index contributed by atoms with van der Waals surface area (Å²) in [7, 11) is -0.150. The van der Waals surface area contributed by atoms with Gasteiger partial charge in [-0.05, 0) is 17.5 Å². The minimum absolute atomic E-state index is 0.150. The van der Waals surface area contributed by atoms with Gasteiger partial charge in [0.05, 0.1) is 0 Å². The summed E-state index contributed by atoms with van der Waals surface area (Å²) >= 11 is 0. The molecular formula is C33H36BN3Si. The van der Waals surface area contributed by atoms with E-state index in [1.54, 1.807) is 6.33 Å². The van der Waals surface area contributed by atoms with E-state index >= 15 is 0 Å². The topological polar surface area (TPSA) is 30.7 Å². The summed E-state index contributed by atoms with van der Waals surface area (Å²) < 4.78 is 1.96. The van der Waals surface area contributed by atoms with Crippen LogP contribution in [-0.2, 0) is 6.17 Å². The van der Waals surface area contributed by atoms with Gasteiger partial charge in [-0.15, -0.1) is 0 Å². The van der Waals surface area contributed by atoms with Crippen molar-refractivity contribution in [2.45, 2.75) is 43.2 Å². The molecule has 5 aromatic rings. The van der Waals surface area contributed by atoms with Gasteiger partial charge < -0.3 is 0 Å². The lowest BCUT2D eigenvalue weighted by Gasteiger charge is -2.18. The van der Waals surface area contributed by atoms with E-state index in [0.717, 1.165) is 12.0 Å². The molecule has 0 unspecified atom stereocenters. The molecule has 3 nitrogen and oxygen atoms in total. The Morgan fingerprint density at radius 2 is 1.21 bits per heavy atom. The number of rotatable bonds is 10. The van der Waals surface area contributed by atoms with Crippen molar-refractivity contribution in [3.63, 3.8) is 0 Å². The second-order valence-corrected chi connectivity index (χ2v) is 12.0. The van der Waals surface area contributed by atoms with Crippen LogP contribution in [0.2, 0.25) is 11.9 Å². The summed E-state index contributed by atoms with van der Waals surface area (Å²) in [6, 6.07) is 44.8. The second-order valence-electron chi connectivity index (χ2n) is 10.2. The van der Waals surface area contributed by atoms with Crippen molar-refractivity contribution in [1.82, 2.24) is 14.8 Å². The Hall–Kier alpha value is -3.70. The molecule has 0 amide bonds. The third-order valence-electron chi connectivity index (χ3n) is 7.41. The minimum atomic E-state index is -0.150. The lowest BCUT2D eigenvalue weighted by Crippen LogP contribution is -2.42. The maximum atomic E-state index is 4.19. The molecule has 0 spiro atoms. The lowest BCUT2D eigenvalue weighted by molar-refractivity contribution is 0.721. The molecule has 1 aliphatic carbocycles. The van der Waals surface area contributed by atoms with E-state index in [0.29, 0.717) is 12.6 Å². The summed E-state index contributed by atoms with van der Waals surface area (Å²) in [6.45, 7) is 0.613. The Morgan fingerprint density at radius 3 is 1.66 bits per heavy atom. The molecule has 6 rings (SSSR count). The Morgan fingerprint density at radius 1 is 0.711 bits per heavy atom. The first kappa shape index (κ1) is 25.9. The first-order valence-corrected chi connectivity index (χ1v) is 15.9. The highest BCUT2D eigenvalue weighted by Crippen LogP contribution is 2.38. The van der Waals surface area contributed by atoms with Crippen LogP contribution in [0.4, 0.5) is 0 Å². The van der Waals surface area contributed by atoms with Crippen molar-refractivity contribution in [2.75, 3.05) is 0 Å². The van der Waals surface area contributed by atoms with Gasteiger partial charge in [-0.1, -0.05) is 157 Å². The predicted octanol–water partition coefficient (Wildman–Crippen LogP) is 5.50. The number of aromatic nitrogens is 3. The molecule has 0 N–H and O–H groups in total. The summed E-state index contributed by atoms with van der Waals surface area (Å²) in [4.78, 5) is 4.01. The van der Waals surface area contributed by atoms with Crippen molar-refractivity contribution in [2.24, 2.45) is 0 Å². The van der Waals surface area contributed by atoms with Crippen molar-refractivity contribution in [3.05, 3.63) is 145 Å². The van der Waals surface area contributed by atoms with Crippen LogP contribution < -0.4 is 10.9 Å². The quantitative estimate of drug-likeness (QED) is 0.182. The van der Waals surface area contributed by atoms with Gasteiger partial charge in [-0.3, -0.25) is 4.68 Å². The average Bonchev–Trinajstić information content (AvgIpc) is 3.68. The molecule has 1 aromatic heterocycles. The average molecular weight is 514 g/mol. The molecule has 5 heteroatoms. The van der Waals surface area contributed by atoms with Crippen LogP contribution in [0.15, 0.2) is 134 Å². The van der Waals surface area contributed by atoms with E-state index in [1.807, 2.05) is 11.0 Å². The highest BCUT2D eigenvalue weighted by atomic mass is 28.2. The standard InChI is InChI=1S/C18H21N3Si.C15H15B/c1-3-7-16(8-4-1)18(17-9-5-2-6-10-17)11-12-22-15-21-14-19-13-20-21;1-3-7-13(8-4-1)16(15-11-12-15)14-9-5-2-6-10-14/h1-10,13-14,18H,11-12,15,22H2;1-10,15H,11-12H2. The monoisotopic (exact) mass is 513 g/mol. The summed E-state index contributed by atoms with van der Waals surface area (Å²) in [5.74, 6) is 1.37. The van der Waals surface area contributed by atoms with E-state index in [2.05, 4.69) is 131 Å². The van der Waals surface area contributed by atoms with Gasteiger partial charge in [0.15, 0.2) is 0 Å². The summed E-state index contributed by atoms with van der Waals surface area (Å²) in [5, 5.41) is 4.19. The fourth-order valence-electron chi connectivity index (χ4n) is 5.35. The fourth-order valence-corrected chi connectivity index (χ4v) is 6.83. The largest absolute Gasteiger partial charge is 0.257 e. The van der Waals surface area contributed by atoms with Crippen molar-refractivity contribution in [1.29, 1.82) is 0 Å². The maximum absolute atomic E-state index is 4.19. The highest BCUT2D eigenvalue weighted by Gasteiger charge is 2.36. The molecule has 1 saturated carbocycles. The zero-order valence-corrected chi connectivity index (χ0v) is 23.4. The first-order valence-electron chi connectivity index (χ1n) is 13.9. The molecule has 4 aromatic carbocycles. The van der Waals surface area contributed by atoms with E-state index in [-0.39, 0.29) is 9.52 Å². The van der Waals surface area contributed by atoms with Gasteiger partial charge in [0.2, 0.25) is 6.71 Å². The van der Waals surface area contributed by atoms with Crippen LogP contribution >= 0.6 is 0 Å². The number of nitrogens with zero attached hydrogens (tertiary/aromatic N) is 3. The third kappa shape index (κ3) is 7.42. The van der Waals surface area contributed by atoms with Crippen LogP contribution in [0.5, 0.6) is 0 Å². The fraction of sp³-hybridized carbons (Fsp3) is 0.212. The van der Waals surface area contributed by atoms with E-state index < -0.39 is 0 Å². The van der Waals surface area contributed by atoms with Gasteiger partial charge in [-0.2, -0.15) is 5.10 Å². The lowest BCUT2D eigenvalue weighted by atomic mass is 9.37. The molecule has 0 bridgehead atoms. The van der Waals surface area contributed by atoms with Crippen LogP contribution in [0, 0.1) is 0 Å². The minimum Gasteiger partial charge on any atom is -0.257 e. The Kier molecular flexibility index (Phi) is 9.37. The molecule has 0 saturated heterocycles.